The number of unbranched alkanes of at least 4 members (excludes halogenated alkanes) is 2. The summed E-state index contributed by atoms with van der Waals surface area (Å²) in [5, 5.41) is 0. The first-order valence-electron chi connectivity index (χ1n) is 13.2. The molecule has 4 bridgehead atoms. The van der Waals surface area contributed by atoms with Gasteiger partial charge < -0.3 is 15.5 Å². The Bertz CT molecular complexity index is 752. The molecule has 0 atom stereocenters. The van der Waals surface area contributed by atoms with Crippen LogP contribution in [0.3, 0.4) is 0 Å². The molecule has 178 valence electrons. The van der Waals surface area contributed by atoms with Crippen molar-refractivity contribution in [3.63, 3.8) is 0 Å². The zero-order valence-electron chi connectivity index (χ0n) is 20.7. The van der Waals surface area contributed by atoms with Crippen molar-refractivity contribution in [3.05, 3.63) is 29.3 Å². The molecule has 0 aromatic heterocycles. The van der Waals surface area contributed by atoms with Crippen molar-refractivity contribution in [2.75, 3.05) is 32.1 Å². The third-order valence-corrected chi connectivity index (χ3v) is 8.79. The van der Waals surface area contributed by atoms with Gasteiger partial charge in [0.05, 0.1) is 0 Å². The molecule has 4 aliphatic rings. The number of nitrogens with zero attached hydrogens (tertiary/aromatic N) is 2. The Morgan fingerprint density at radius 3 is 2.22 bits per heavy atom. The van der Waals surface area contributed by atoms with Crippen LogP contribution in [0.15, 0.2) is 18.2 Å². The van der Waals surface area contributed by atoms with E-state index in [-0.39, 0.29) is 6.03 Å². The molecule has 0 aliphatic heterocycles. The van der Waals surface area contributed by atoms with Crippen LogP contribution < -0.4 is 10.6 Å². The van der Waals surface area contributed by atoms with E-state index < -0.39 is 0 Å². The van der Waals surface area contributed by atoms with Gasteiger partial charge in [0.2, 0.25) is 0 Å². The van der Waals surface area contributed by atoms with Gasteiger partial charge in [0.15, 0.2) is 0 Å². The summed E-state index contributed by atoms with van der Waals surface area (Å²) in [7, 11) is 4.32. The minimum absolute atomic E-state index is 0.278. The van der Waals surface area contributed by atoms with Crippen LogP contribution in [0.1, 0.15) is 82.3 Å². The van der Waals surface area contributed by atoms with Gasteiger partial charge in [-0.2, -0.15) is 0 Å². The van der Waals surface area contributed by atoms with Gasteiger partial charge in [0.1, 0.15) is 0 Å². The van der Waals surface area contributed by atoms with Gasteiger partial charge >= 0.3 is 6.03 Å². The van der Waals surface area contributed by atoms with E-state index in [1.807, 2.05) is 4.90 Å². The lowest BCUT2D eigenvalue weighted by Gasteiger charge is -2.57. The maximum atomic E-state index is 12.0. The highest BCUT2D eigenvalue weighted by molar-refractivity contribution is 5.72. The molecule has 4 fully saturated rings. The highest BCUT2D eigenvalue weighted by atomic mass is 16.2. The Morgan fingerprint density at radius 1 is 1.00 bits per heavy atom. The first kappa shape index (κ1) is 23.4. The lowest BCUT2D eigenvalue weighted by Crippen LogP contribution is -2.46. The van der Waals surface area contributed by atoms with Gasteiger partial charge in [-0.3, -0.25) is 0 Å². The van der Waals surface area contributed by atoms with Crippen molar-refractivity contribution < 1.29 is 4.79 Å². The molecule has 2 N–H and O–H groups in total. The van der Waals surface area contributed by atoms with E-state index in [9.17, 15) is 4.79 Å². The summed E-state index contributed by atoms with van der Waals surface area (Å²) < 4.78 is 0. The van der Waals surface area contributed by atoms with Crippen LogP contribution in [-0.4, -0.2) is 38.1 Å². The number of carbonyl (C=O) groups excluding carboxylic acids is 1. The highest BCUT2D eigenvalue weighted by Crippen LogP contribution is 2.61. The maximum absolute atomic E-state index is 12.0. The predicted molar refractivity (Wildman–Crippen MR) is 134 cm³/mol. The number of hydrogen-bond donors (Lipinski definition) is 1. The van der Waals surface area contributed by atoms with Crippen molar-refractivity contribution in [2.45, 2.75) is 84.0 Å². The summed E-state index contributed by atoms with van der Waals surface area (Å²) in [6.45, 7) is 3.69. The largest absolute Gasteiger partial charge is 0.377 e. The number of anilines is 1. The summed E-state index contributed by atoms with van der Waals surface area (Å²) >= 11 is 0. The second-order valence-corrected chi connectivity index (χ2v) is 11.5. The van der Waals surface area contributed by atoms with Gasteiger partial charge in [-0.25, -0.2) is 4.79 Å². The van der Waals surface area contributed by atoms with Gasteiger partial charge in [-0.15, -0.1) is 0 Å². The van der Waals surface area contributed by atoms with Crippen molar-refractivity contribution in [1.29, 1.82) is 0 Å². The topological polar surface area (TPSA) is 49.6 Å². The first-order valence-corrected chi connectivity index (χ1v) is 13.2. The molecule has 4 nitrogen and oxygen atoms in total. The molecular formula is C28H45N3O. The van der Waals surface area contributed by atoms with E-state index in [1.165, 1.54) is 68.2 Å². The third-order valence-electron chi connectivity index (χ3n) is 8.79. The van der Waals surface area contributed by atoms with E-state index in [1.54, 1.807) is 0 Å². The molecular weight excluding hydrogens is 394 g/mol. The molecule has 4 saturated carbocycles. The zero-order chi connectivity index (χ0) is 22.7. The fraction of sp³-hybridized carbons (Fsp3) is 0.750. The molecule has 4 heteroatoms. The molecule has 0 radical (unpaired) electrons. The summed E-state index contributed by atoms with van der Waals surface area (Å²) in [6, 6.07) is 6.46. The predicted octanol–water partition coefficient (Wildman–Crippen LogP) is 6.02. The van der Waals surface area contributed by atoms with Gasteiger partial charge in [0, 0.05) is 32.9 Å². The number of primary amides is 1. The van der Waals surface area contributed by atoms with Crippen LogP contribution in [0.2, 0.25) is 0 Å². The molecule has 0 spiro atoms. The molecule has 1 aromatic rings. The Hall–Kier alpha value is -1.71. The van der Waals surface area contributed by atoms with Crippen LogP contribution in [0.25, 0.3) is 0 Å². The quantitative estimate of drug-likeness (QED) is 0.429. The summed E-state index contributed by atoms with van der Waals surface area (Å²) in [4.78, 5) is 16.1. The molecule has 4 aliphatic carbocycles. The SMILES string of the molecule is CCCCCN(CCc1cccc(N(C)C)c1CCC12CC3CC(CC(C3)C1)C2)C(N)=O. The second kappa shape index (κ2) is 10.1. The molecule has 0 heterocycles. The maximum Gasteiger partial charge on any atom is 0.314 e. The normalized spacial score (nSPS) is 28.2. The van der Waals surface area contributed by atoms with Crippen LogP contribution in [-0.2, 0) is 12.8 Å². The van der Waals surface area contributed by atoms with Gasteiger partial charge in [-0.05, 0) is 105 Å². The van der Waals surface area contributed by atoms with Gasteiger partial charge in [-0.1, -0.05) is 31.9 Å². The lowest BCUT2D eigenvalue weighted by atomic mass is 9.48. The molecule has 5 rings (SSSR count). The molecule has 2 amide bonds. The minimum atomic E-state index is -0.278. The smallest absolute Gasteiger partial charge is 0.314 e. The van der Waals surface area contributed by atoms with E-state index >= 15 is 0 Å². The van der Waals surface area contributed by atoms with Gasteiger partial charge in [0.25, 0.3) is 0 Å². The lowest BCUT2D eigenvalue weighted by molar-refractivity contribution is -0.0569. The Kier molecular flexibility index (Phi) is 7.37. The Balaban J connectivity index is 1.47. The minimum Gasteiger partial charge on any atom is -0.377 e. The van der Waals surface area contributed by atoms with E-state index in [4.69, 9.17) is 5.73 Å². The molecule has 0 unspecified atom stereocenters. The number of urea groups is 1. The Labute approximate surface area is 195 Å². The highest BCUT2D eigenvalue weighted by Gasteiger charge is 2.50. The first-order chi connectivity index (χ1) is 15.4. The third kappa shape index (κ3) is 5.26. The van der Waals surface area contributed by atoms with Crippen molar-refractivity contribution >= 4 is 11.7 Å². The number of rotatable bonds is 11. The number of amides is 2. The fourth-order valence-electron chi connectivity index (χ4n) is 7.69. The number of nitrogens with two attached hydrogens (primary N) is 1. The average molecular weight is 440 g/mol. The number of carbonyl (C=O) groups is 1. The van der Waals surface area contributed by atoms with E-state index in [0.29, 0.717) is 5.41 Å². The van der Waals surface area contributed by atoms with Crippen LogP contribution >= 0.6 is 0 Å². The Morgan fingerprint density at radius 2 is 1.66 bits per heavy atom. The zero-order valence-corrected chi connectivity index (χ0v) is 20.7. The van der Waals surface area contributed by atoms with Crippen LogP contribution in [0.5, 0.6) is 0 Å². The van der Waals surface area contributed by atoms with Crippen molar-refractivity contribution in [1.82, 2.24) is 4.90 Å². The van der Waals surface area contributed by atoms with Crippen LogP contribution in [0.4, 0.5) is 10.5 Å². The summed E-state index contributed by atoms with van der Waals surface area (Å²) in [5.74, 6) is 3.03. The summed E-state index contributed by atoms with van der Waals surface area (Å²) in [5.41, 5.74) is 10.6. The standard InChI is InChI=1S/C28H45N3O/c1-4-5-6-13-31(27(29)32)14-11-24-8-7-9-26(30(2)3)25(24)10-12-28-18-21-15-22(19-28)17-23(16-21)20-28/h7-9,21-23H,4-6,10-20H2,1-3H3,(H2,29,32). The molecule has 32 heavy (non-hydrogen) atoms. The van der Waals surface area contributed by atoms with E-state index in [2.05, 4.69) is 44.1 Å². The average Bonchev–Trinajstić information content (AvgIpc) is 2.73. The number of hydrogen-bond acceptors (Lipinski definition) is 2. The van der Waals surface area contributed by atoms with Crippen molar-refractivity contribution in [3.8, 4) is 0 Å². The number of benzene rings is 1. The monoisotopic (exact) mass is 439 g/mol. The summed E-state index contributed by atoms with van der Waals surface area (Å²) in [6.07, 6.45) is 15.7. The van der Waals surface area contributed by atoms with Crippen molar-refractivity contribution in [2.24, 2.45) is 28.9 Å². The van der Waals surface area contributed by atoms with E-state index in [0.717, 1.165) is 56.5 Å². The second-order valence-electron chi connectivity index (χ2n) is 11.5. The molecule has 1 aromatic carbocycles. The van der Waals surface area contributed by atoms with Crippen LogP contribution in [0, 0.1) is 23.2 Å². The fourth-order valence-corrected chi connectivity index (χ4v) is 7.69. The molecule has 0 saturated heterocycles.